The van der Waals surface area contributed by atoms with Crippen LogP contribution in [0.15, 0.2) is 22.7 Å². The predicted molar refractivity (Wildman–Crippen MR) is 79.0 cm³/mol. The zero-order valence-corrected chi connectivity index (χ0v) is 12.9. The van der Waals surface area contributed by atoms with E-state index >= 15 is 0 Å². The number of rotatable bonds is 3. The van der Waals surface area contributed by atoms with Crippen molar-refractivity contribution in [1.82, 2.24) is 20.4 Å². The Kier molecular flexibility index (Phi) is 5.44. The summed E-state index contributed by atoms with van der Waals surface area (Å²) in [6.07, 6.45) is 0.156. The van der Waals surface area contributed by atoms with Crippen LogP contribution in [-0.2, 0) is 6.42 Å². The van der Waals surface area contributed by atoms with E-state index in [1.54, 1.807) is 0 Å². The summed E-state index contributed by atoms with van der Waals surface area (Å²) in [5.41, 5.74) is 0.335. The number of halogens is 3. The number of hydrogen-bond donors (Lipinski definition) is 1. The SMILES string of the molecule is CN1CCNCC1c1noc(Cc2ccc(F)cc2F)n1.Cl. The van der Waals surface area contributed by atoms with Gasteiger partial charge in [0.1, 0.15) is 11.6 Å². The topological polar surface area (TPSA) is 54.2 Å². The molecule has 1 aromatic heterocycles. The summed E-state index contributed by atoms with van der Waals surface area (Å²) >= 11 is 0. The van der Waals surface area contributed by atoms with Crippen LogP contribution in [0.4, 0.5) is 8.78 Å². The predicted octanol–water partition coefficient (Wildman–Crippen LogP) is 1.94. The van der Waals surface area contributed by atoms with E-state index in [0.717, 1.165) is 25.7 Å². The van der Waals surface area contributed by atoms with E-state index in [1.807, 2.05) is 7.05 Å². The summed E-state index contributed by atoms with van der Waals surface area (Å²) in [7, 11) is 2.00. The maximum atomic E-state index is 13.6. The number of piperazine rings is 1. The molecule has 0 spiro atoms. The average molecular weight is 331 g/mol. The molecule has 2 aromatic rings. The van der Waals surface area contributed by atoms with E-state index in [1.165, 1.54) is 12.1 Å². The molecular weight excluding hydrogens is 314 g/mol. The lowest BCUT2D eigenvalue weighted by Gasteiger charge is -2.30. The molecule has 1 N–H and O–H groups in total. The second-order valence-corrected chi connectivity index (χ2v) is 5.16. The van der Waals surface area contributed by atoms with Crippen molar-refractivity contribution in [3.63, 3.8) is 0 Å². The molecular formula is C14H17ClF2N4O. The van der Waals surface area contributed by atoms with Crippen molar-refractivity contribution in [3.05, 3.63) is 47.1 Å². The number of hydrogen-bond acceptors (Lipinski definition) is 5. The van der Waals surface area contributed by atoms with Crippen molar-refractivity contribution < 1.29 is 13.3 Å². The molecule has 8 heteroatoms. The highest BCUT2D eigenvalue weighted by atomic mass is 35.5. The van der Waals surface area contributed by atoms with Gasteiger partial charge in [0.05, 0.1) is 12.5 Å². The fourth-order valence-electron chi connectivity index (χ4n) is 2.40. The first-order valence-electron chi connectivity index (χ1n) is 6.81. The number of nitrogens with one attached hydrogen (secondary N) is 1. The monoisotopic (exact) mass is 330 g/mol. The lowest BCUT2D eigenvalue weighted by Crippen LogP contribution is -2.44. The van der Waals surface area contributed by atoms with Gasteiger partial charge in [0.2, 0.25) is 5.89 Å². The van der Waals surface area contributed by atoms with E-state index in [4.69, 9.17) is 4.52 Å². The molecule has 1 aliphatic rings. The van der Waals surface area contributed by atoms with Crippen LogP contribution in [0.5, 0.6) is 0 Å². The molecule has 0 radical (unpaired) electrons. The zero-order chi connectivity index (χ0) is 14.8. The van der Waals surface area contributed by atoms with Crippen molar-refractivity contribution >= 4 is 12.4 Å². The number of likely N-dealkylation sites (N-methyl/N-ethyl adjacent to an activating group) is 1. The molecule has 1 aliphatic heterocycles. The van der Waals surface area contributed by atoms with Gasteiger partial charge in [-0.15, -0.1) is 12.4 Å². The smallest absolute Gasteiger partial charge is 0.231 e. The summed E-state index contributed by atoms with van der Waals surface area (Å²) in [5.74, 6) is -0.291. The summed E-state index contributed by atoms with van der Waals surface area (Å²) in [5, 5.41) is 7.24. The van der Waals surface area contributed by atoms with Crippen LogP contribution < -0.4 is 5.32 Å². The molecule has 0 amide bonds. The largest absolute Gasteiger partial charge is 0.339 e. The van der Waals surface area contributed by atoms with Crippen LogP contribution in [0, 0.1) is 11.6 Å². The Bertz CT molecular complexity index is 637. The number of aromatic nitrogens is 2. The van der Waals surface area contributed by atoms with Crippen molar-refractivity contribution in [2.75, 3.05) is 26.7 Å². The first kappa shape index (κ1) is 16.8. The third kappa shape index (κ3) is 3.60. The van der Waals surface area contributed by atoms with Crippen molar-refractivity contribution in [1.29, 1.82) is 0 Å². The lowest BCUT2D eigenvalue weighted by molar-refractivity contribution is 0.190. The van der Waals surface area contributed by atoms with Crippen LogP contribution in [0.3, 0.4) is 0 Å². The summed E-state index contributed by atoms with van der Waals surface area (Å²) < 4.78 is 31.7. The first-order valence-corrected chi connectivity index (χ1v) is 6.81. The summed E-state index contributed by atoms with van der Waals surface area (Å²) in [4.78, 5) is 6.47. The first-order chi connectivity index (χ1) is 10.1. The second-order valence-electron chi connectivity index (χ2n) is 5.16. The van der Waals surface area contributed by atoms with Gasteiger partial charge in [-0.2, -0.15) is 4.98 Å². The third-order valence-corrected chi connectivity index (χ3v) is 3.65. The van der Waals surface area contributed by atoms with Crippen molar-refractivity contribution in [3.8, 4) is 0 Å². The Balaban J connectivity index is 0.00000176. The maximum Gasteiger partial charge on any atom is 0.231 e. The summed E-state index contributed by atoms with van der Waals surface area (Å²) in [6.45, 7) is 2.58. The zero-order valence-electron chi connectivity index (χ0n) is 12.1. The van der Waals surface area contributed by atoms with Gasteiger partial charge in [0.15, 0.2) is 5.82 Å². The standard InChI is InChI=1S/C14H16F2N4O.ClH/c1-20-5-4-17-8-12(20)14-18-13(21-19-14)6-9-2-3-10(15)7-11(9)16;/h2-3,7,12,17H,4-6,8H2,1H3;1H. The fraction of sp³-hybridized carbons (Fsp3) is 0.429. The lowest BCUT2D eigenvalue weighted by atomic mass is 10.1. The maximum absolute atomic E-state index is 13.6. The quantitative estimate of drug-likeness (QED) is 0.932. The van der Waals surface area contributed by atoms with Gasteiger partial charge < -0.3 is 9.84 Å². The molecule has 1 fully saturated rings. The highest BCUT2D eigenvalue weighted by Gasteiger charge is 2.25. The van der Waals surface area contributed by atoms with Crippen LogP contribution in [0.25, 0.3) is 0 Å². The molecule has 0 aliphatic carbocycles. The van der Waals surface area contributed by atoms with Gasteiger partial charge >= 0.3 is 0 Å². The van der Waals surface area contributed by atoms with Gasteiger partial charge in [-0.05, 0) is 18.7 Å². The normalized spacial score (nSPS) is 19.0. The number of nitrogens with zero attached hydrogens (tertiary/aromatic N) is 3. The number of benzene rings is 1. The Morgan fingerprint density at radius 2 is 2.23 bits per heavy atom. The molecule has 120 valence electrons. The second kappa shape index (κ2) is 7.13. The molecule has 1 atom stereocenters. The molecule has 0 bridgehead atoms. The molecule has 3 rings (SSSR count). The van der Waals surface area contributed by atoms with Crippen LogP contribution >= 0.6 is 12.4 Å². The van der Waals surface area contributed by atoms with Crippen LogP contribution in [0.2, 0.25) is 0 Å². The molecule has 1 unspecified atom stereocenters. The van der Waals surface area contributed by atoms with Crippen molar-refractivity contribution in [2.45, 2.75) is 12.5 Å². The molecule has 22 heavy (non-hydrogen) atoms. The minimum Gasteiger partial charge on any atom is -0.339 e. The molecule has 5 nitrogen and oxygen atoms in total. The Morgan fingerprint density at radius 1 is 1.41 bits per heavy atom. The van der Waals surface area contributed by atoms with Gasteiger partial charge in [-0.3, -0.25) is 4.90 Å². The third-order valence-electron chi connectivity index (χ3n) is 3.65. The van der Waals surface area contributed by atoms with Gasteiger partial charge in [-0.25, -0.2) is 8.78 Å². The fourth-order valence-corrected chi connectivity index (χ4v) is 2.40. The van der Waals surface area contributed by atoms with Crippen molar-refractivity contribution in [2.24, 2.45) is 0 Å². The Labute approximate surface area is 133 Å². The van der Waals surface area contributed by atoms with Gasteiger partial charge in [0, 0.05) is 25.7 Å². The van der Waals surface area contributed by atoms with E-state index in [9.17, 15) is 8.78 Å². The van der Waals surface area contributed by atoms with Gasteiger partial charge in [0.25, 0.3) is 0 Å². The average Bonchev–Trinajstić information content (AvgIpc) is 2.91. The van der Waals surface area contributed by atoms with E-state index in [-0.39, 0.29) is 24.9 Å². The molecule has 1 saturated heterocycles. The van der Waals surface area contributed by atoms with Gasteiger partial charge in [-0.1, -0.05) is 11.2 Å². The Hall–Kier alpha value is -1.57. The highest BCUT2D eigenvalue weighted by molar-refractivity contribution is 5.85. The molecule has 0 saturated carbocycles. The highest BCUT2D eigenvalue weighted by Crippen LogP contribution is 2.19. The van der Waals surface area contributed by atoms with E-state index in [2.05, 4.69) is 20.4 Å². The van der Waals surface area contributed by atoms with Crippen LogP contribution in [0.1, 0.15) is 23.3 Å². The Morgan fingerprint density at radius 3 is 2.95 bits per heavy atom. The molecule has 1 aromatic carbocycles. The van der Waals surface area contributed by atoms with Crippen LogP contribution in [-0.4, -0.2) is 41.7 Å². The minimum atomic E-state index is -0.605. The molecule has 2 heterocycles. The summed E-state index contributed by atoms with van der Waals surface area (Å²) in [6, 6.07) is 3.51. The van der Waals surface area contributed by atoms with E-state index in [0.29, 0.717) is 17.3 Å². The minimum absolute atomic E-state index is 0. The van der Waals surface area contributed by atoms with E-state index < -0.39 is 11.6 Å².